The zero-order valence-corrected chi connectivity index (χ0v) is 12.6. The Morgan fingerprint density at radius 1 is 1.55 bits per heavy atom. The number of hydrogen-bond donors (Lipinski definition) is 1. The van der Waals surface area contributed by atoms with Gasteiger partial charge in [0.25, 0.3) is 0 Å². The zero-order valence-electron chi connectivity index (χ0n) is 11.1. The maximum Gasteiger partial charge on any atom is 0.249 e. The number of carbonyl (C=O) groups is 1. The molecule has 2 N–H and O–H groups in total. The Kier molecular flexibility index (Phi) is 4.23. The third-order valence-corrected chi connectivity index (χ3v) is 4.29. The summed E-state index contributed by atoms with van der Waals surface area (Å²) in [7, 11) is 0. The largest absolute Gasteiger partial charge is 0.366 e. The first-order valence-electron chi connectivity index (χ1n) is 6.39. The van der Waals surface area contributed by atoms with E-state index in [4.69, 9.17) is 5.73 Å². The van der Waals surface area contributed by atoms with Crippen LogP contribution in [0.5, 0.6) is 0 Å². The summed E-state index contributed by atoms with van der Waals surface area (Å²) in [6, 6.07) is 2.86. The van der Waals surface area contributed by atoms with Crippen LogP contribution in [0.4, 0.5) is 0 Å². The van der Waals surface area contributed by atoms with Crippen LogP contribution in [0.25, 0.3) is 5.57 Å². The number of amides is 1. The number of fused-ring (bicyclic) bond motifs is 1. The highest BCUT2D eigenvalue weighted by atomic mass is 79.9. The lowest BCUT2D eigenvalue weighted by molar-refractivity contribution is -0.521. The second-order valence-corrected chi connectivity index (χ2v) is 5.65. The number of primary amides is 1. The van der Waals surface area contributed by atoms with Gasteiger partial charge in [0.15, 0.2) is 0 Å². The molecule has 6 heteroatoms. The van der Waals surface area contributed by atoms with Crippen molar-refractivity contribution in [3.8, 4) is 0 Å². The molecule has 1 atom stereocenters. The number of halogens is 1. The van der Waals surface area contributed by atoms with E-state index in [2.05, 4.69) is 15.9 Å². The maximum absolute atomic E-state index is 11.4. The van der Waals surface area contributed by atoms with Crippen LogP contribution in [0.15, 0.2) is 22.7 Å². The molecule has 20 heavy (non-hydrogen) atoms. The number of nitro groups is 1. The van der Waals surface area contributed by atoms with Crippen LogP contribution in [-0.2, 0) is 6.42 Å². The van der Waals surface area contributed by atoms with Crippen LogP contribution in [-0.4, -0.2) is 16.9 Å². The van der Waals surface area contributed by atoms with E-state index in [1.54, 1.807) is 19.1 Å². The van der Waals surface area contributed by atoms with Crippen LogP contribution < -0.4 is 5.73 Å². The molecule has 0 saturated carbocycles. The van der Waals surface area contributed by atoms with Gasteiger partial charge in [-0.2, -0.15) is 0 Å². The highest BCUT2D eigenvalue weighted by Gasteiger charge is 2.27. The number of rotatable bonds is 5. The Labute approximate surface area is 125 Å². The zero-order chi connectivity index (χ0) is 14.9. The predicted octanol–water partition coefficient (Wildman–Crippen LogP) is 2.93. The summed E-state index contributed by atoms with van der Waals surface area (Å²) in [5, 5.41) is 11.0. The van der Waals surface area contributed by atoms with Crippen molar-refractivity contribution >= 4 is 27.4 Å². The molecular formula is C14H15BrN2O3. The minimum absolute atomic E-state index is 0.245. The molecule has 1 amide bonds. The fraction of sp³-hybridized carbons (Fsp3) is 0.357. The van der Waals surface area contributed by atoms with Crippen LogP contribution in [0.3, 0.4) is 0 Å². The summed E-state index contributed by atoms with van der Waals surface area (Å²) < 4.78 is 0.847. The van der Waals surface area contributed by atoms with Gasteiger partial charge in [0.2, 0.25) is 11.9 Å². The molecule has 0 fully saturated rings. The summed E-state index contributed by atoms with van der Waals surface area (Å²) in [6.45, 7) is 1.80. The van der Waals surface area contributed by atoms with E-state index >= 15 is 0 Å². The van der Waals surface area contributed by atoms with Crippen LogP contribution in [0.2, 0.25) is 0 Å². The summed E-state index contributed by atoms with van der Waals surface area (Å²) in [4.78, 5) is 22.2. The van der Waals surface area contributed by atoms with E-state index in [1.807, 2.05) is 6.08 Å². The second kappa shape index (κ2) is 5.75. The lowest BCUT2D eigenvalue weighted by Crippen LogP contribution is -2.18. The average molecular weight is 339 g/mol. The summed E-state index contributed by atoms with van der Waals surface area (Å²) in [5.74, 6) is -0.468. The van der Waals surface area contributed by atoms with E-state index in [0.29, 0.717) is 24.8 Å². The van der Waals surface area contributed by atoms with Crippen molar-refractivity contribution in [2.75, 3.05) is 0 Å². The Balaban J connectivity index is 2.39. The number of benzene rings is 1. The molecule has 0 aromatic heterocycles. The third kappa shape index (κ3) is 2.60. The molecule has 1 aromatic carbocycles. The molecule has 1 aromatic rings. The minimum atomic E-state index is -0.601. The number of carbonyl (C=O) groups excluding carboxylic acids is 1. The van der Waals surface area contributed by atoms with Gasteiger partial charge in [0, 0.05) is 27.8 Å². The summed E-state index contributed by atoms with van der Waals surface area (Å²) in [6.07, 6.45) is 3.40. The molecule has 1 aliphatic carbocycles. The molecule has 1 unspecified atom stereocenters. The smallest absolute Gasteiger partial charge is 0.249 e. The van der Waals surface area contributed by atoms with E-state index in [9.17, 15) is 14.9 Å². The van der Waals surface area contributed by atoms with Crippen molar-refractivity contribution in [2.24, 2.45) is 5.73 Å². The Morgan fingerprint density at radius 2 is 2.25 bits per heavy atom. The van der Waals surface area contributed by atoms with Gasteiger partial charge in [-0.3, -0.25) is 14.9 Å². The van der Waals surface area contributed by atoms with E-state index < -0.39 is 11.9 Å². The Bertz CT molecular complexity index is 611. The first kappa shape index (κ1) is 14.7. The van der Waals surface area contributed by atoms with Crippen molar-refractivity contribution < 1.29 is 9.72 Å². The molecule has 1 aliphatic rings. The number of allylic oxidation sites excluding steroid dienone is 1. The van der Waals surface area contributed by atoms with Crippen molar-refractivity contribution in [1.29, 1.82) is 0 Å². The van der Waals surface area contributed by atoms with Gasteiger partial charge in [-0.25, -0.2) is 0 Å². The van der Waals surface area contributed by atoms with E-state index in [-0.39, 0.29) is 4.92 Å². The molecule has 0 bridgehead atoms. The highest BCUT2D eigenvalue weighted by Crippen LogP contribution is 2.38. The van der Waals surface area contributed by atoms with Crippen LogP contribution in [0, 0.1) is 10.1 Å². The molecule has 0 heterocycles. The maximum atomic E-state index is 11.4. The van der Waals surface area contributed by atoms with Gasteiger partial charge >= 0.3 is 0 Å². The molecule has 2 rings (SSSR count). The molecule has 106 valence electrons. The van der Waals surface area contributed by atoms with Gasteiger partial charge in [-0.1, -0.05) is 28.9 Å². The minimum Gasteiger partial charge on any atom is -0.366 e. The average Bonchev–Trinajstić information content (AvgIpc) is 2.80. The number of nitrogens with two attached hydrogens (primary N) is 1. The van der Waals surface area contributed by atoms with Crippen LogP contribution >= 0.6 is 15.9 Å². The van der Waals surface area contributed by atoms with Gasteiger partial charge in [-0.05, 0) is 35.3 Å². The fourth-order valence-electron chi connectivity index (χ4n) is 2.54. The molecule has 0 radical (unpaired) electrons. The summed E-state index contributed by atoms with van der Waals surface area (Å²) >= 11 is 3.46. The molecule has 0 spiro atoms. The van der Waals surface area contributed by atoms with Crippen molar-refractivity contribution in [1.82, 2.24) is 0 Å². The lowest BCUT2D eigenvalue weighted by Gasteiger charge is -2.13. The SMILES string of the molecule is CCC(CC1=CCc2c(C(N)=O)ccc(Br)c21)[N+](=O)[O-]. The first-order valence-corrected chi connectivity index (χ1v) is 7.19. The second-order valence-electron chi connectivity index (χ2n) is 4.80. The third-order valence-electron chi connectivity index (χ3n) is 3.63. The molecule has 0 aliphatic heterocycles. The predicted molar refractivity (Wildman–Crippen MR) is 80.0 cm³/mol. The normalized spacial score (nSPS) is 14.6. The quantitative estimate of drug-likeness (QED) is 0.661. The monoisotopic (exact) mass is 338 g/mol. The van der Waals surface area contributed by atoms with Crippen molar-refractivity contribution in [3.63, 3.8) is 0 Å². The topological polar surface area (TPSA) is 86.2 Å². The van der Waals surface area contributed by atoms with Crippen molar-refractivity contribution in [3.05, 3.63) is 49.5 Å². The van der Waals surface area contributed by atoms with Gasteiger partial charge < -0.3 is 5.73 Å². The van der Waals surface area contributed by atoms with Gasteiger partial charge in [0.05, 0.1) is 0 Å². The molecule has 0 saturated heterocycles. The van der Waals surface area contributed by atoms with E-state index in [0.717, 1.165) is 21.2 Å². The number of nitrogens with zero attached hydrogens (tertiary/aromatic N) is 1. The Morgan fingerprint density at radius 3 is 2.80 bits per heavy atom. The first-order chi connectivity index (χ1) is 9.45. The summed E-state index contributed by atoms with van der Waals surface area (Å²) in [5.41, 5.74) is 8.53. The van der Waals surface area contributed by atoms with Crippen molar-refractivity contribution in [2.45, 2.75) is 32.2 Å². The van der Waals surface area contributed by atoms with E-state index in [1.165, 1.54) is 0 Å². The molecule has 5 nitrogen and oxygen atoms in total. The lowest BCUT2D eigenvalue weighted by atomic mass is 9.96. The number of hydrogen-bond acceptors (Lipinski definition) is 3. The standard InChI is InChI=1S/C14H15BrN2O3/c1-2-9(17(19)20)7-8-3-4-10-11(14(16)18)5-6-12(15)13(8)10/h3,5-6,9H,2,4,7H2,1H3,(H2,16,18). The van der Waals surface area contributed by atoms with Crippen LogP contribution in [0.1, 0.15) is 41.3 Å². The molecular weight excluding hydrogens is 324 g/mol. The van der Waals surface area contributed by atoms with Gasteiger partial charge in [-0.15, -0.1) is 0 Å². The highest BCUT2D eigenvalue weighted by molar-refractivity contribution is 9.10. The fourth-order valence-corrected chi connectivity index (χ4v) is 3.17. The Hall–Kier alpha value is -1.69. The van der Waals surface area contributed by atoms with Gasteiger partial charge in [0.1, 0.15) is 0 Å².